The van der Waals surface area contributed by atoms with Crippen molar-refractivity contribution < 1.29 is 4.79 Å². The number of carbonyl (C=O) groups excluding carboxylic acids is 1. The summed E-state index contributed by atoms with van der Waals surface area (Å²) in [4.78, 5) is 15.0. The fraction of sp³-hybridized carbons (Fsp3) is 0.938. The second-order valence-corrected chi connectivity index (χ2v) is 6.84. The van der Waals surface area contributed by atoms with E-state index in [9.17, 15) is 4.79 Å². The Morgan fingerprint density at radius 2 is 2.11 bits per heavy atom. The number of nitrogens with one attached hydrogen (secondary N) is 1. The molecule has 0 aromatic carbocycles. The summed E-state index contributed by atoms with van der Waals surface area (Å²) in [6.07, 6.45) is 11.1. The van der Waals surface area contributed by atoms with E-state index in [1.807, 2.05) is 0 Å². The van der Waals surface area contributed by atoms with Gasteiger partial charge in [-0.15, -0.1) is 0 Å². The summed E-state index contributed by atoms with van der Waals surface area (Å²) < 4.78 is 0. The Morgan fingerprint density at radius 3 is 2.74 bits per heavy atom. The molecule has 3 aliphatic rings. The molecule has 3 rings (SSSR count). The van der Waals surface area contributed by atoms with Gasteiger partial charge >= 0.3 is 0 Å². The van der Waals surface area contributed by atoms with E-state index < -0.39 is 0 Å². The van der Waals surface area contributed by atoms with Gasteiger partial charge in [0, 0.05) is 6.04 Å². The van der Waals surface area contributed by atoms with Crippen molar-refractivity contribution in [1.29, 1.82) is 0 Å². The molecule has 1 aliphatic heterocycles. The number of hydrogen-bond acceptors (Lipinski definition) is 2. The number of amides is 1. The van der Waals surface area contributed by atoms with Crippen molar-refractivity contribution in [3.63, 3.8) is 0 Å². The summed E-state index contributed by atoms with van der Waals surface area (Å²) in [5.41, 5.74) is -0.126. The Morgan fingerprint density at radius 1 is 1.32 bits per heavy atom. The molecule has 19 heavy (non-hydrogen) atoms. The number of carbonyl (C=O) groups is 1. The minimum atomic E-state index is -0.126. The highest BCUT2D eigenvalue weighted by Gasteiger charge is 2.60. The van der Waals surface area contributed by atoms with Gasteiger partial charge in [-0.2, -0.15) is 0 Å². The van der Waals surface area contributed by atoms with E-state index >= 15 is 0 Å². The van der Waals surface area contributed by atoms with Crippen LogP contribution in [0.25, 0.3) is 0 Å². The average Bonchev–Trinajstić information content (AvgIpc) is 3.14. The predicted octanol–water partition coefficient (Wildman–Crippen LogP) is 3.05. The van der Waals surface area contributed by atoms with E-state index in [1.165, 1.54) is 32.1 Å². The zero-order valence-corrected chi connectivity index (χ0v) is 12.5. The van der Waals surface area contributed by atoms with Gasteiger partial charge in [-0.1, -0.05) is 39.5 Å². The fourth-order valence-corrected chi connectivity index (χ4v) is 4.11. The molecule has 1 saturated heterocycles. The summed E-state index contributed by atoms with van der Waals surface area (Å²) in [6, 6.07) is 0.509. The standard InChI is InChI=1S/C16H28N2O/c1-3-6-14-17-16(9-10-16)15(19)18(14)13-8-5-7-12(4-2)11-13/h12-14,17H,3-11H2,1-2H3. The first kappa shape index (κ1) is 13.4. The van der Waals surface area contributed by atoms with E-state index in [2.05, 4.69) is 24.1 Å². The Balaban J connectivity index is 1.74. The van der Waals surface area contributed by atoms with E-state index in [0.717, 1.165) is 31.6 Å². The van der Waals surface area contributed by atoms with Crippen LogP contribution in [0.1, 0.15) is 71.6 Å². The predicted molar refractivity (Wildman–Crippen MR) is 76.7 cm³/mol. The van der Waals surface area contributed by atoms with Crippen LogP contribution in [0.2, 0.25) is 0 Å². The van der Waals surface area contributed by atoms with Crippen molar-refractivity contribution in [2.75, 3.05) is 0 Å². The smallest absolute Gasteiger partial charge is 0.244 e. The first-order valence-electron chi connectivity index (χ1n) is 8.30. The van der Waals surface area contributed by atoms with Gasteiger partial charge in [0.15, 0.2) is 0 Å². The molecular weight excluding hydrogens is 236 g/mol. The largest absolute Gasteiger partial charge is 0.323 e. The molecule has 3 nitrogen and oxygen atoms in total. The second kappa shape index (κ2) is 5.08. The van der Waals surface area contributed by atoms with Crippen molar-refractivity contribution in [2.45, 2.75) is 89.4 Å². The van der Waals surface area contributed by atoms with Crippen LogP contribution in [0.5, 0.6) is 0 Å². The molecule has 1 N–H and O–H groups in total. The third-order valence-electron chi connectivity index (χ3n) is 5.46. The molecule has 3 heteroatoms. The zero-order chi connectivity index (χ0) is 13.5. The maximum absolute atomic E-state index is 12.7. The first-order chi connectivity index (χ1) is 9.20. The first-order valence-corrected chi connectivity index (χ1v) is 8.30. The minimum absolute atomic E-state index is 0.126. The van der Waals surface area contributed by atoms with Crippen molar-refractivity contribution in [3.8, 4) is 0 Å². The van der Waals surface area contributed by atoms with Gasteiger partial charge in [0.1, 0.15) is 0 Å². The van der Waals surface area contributed by atoms with Crippen LogP contribution in [-0.2, 0) is 4.79 Å². The highest BCUT2D eigenvalue weighted by Crippen LogP contribution is 2.45. The normalized spacial score (nSPS) is 37.1. The van der Waals surface area contributed by atoms with Crippen LogP contribution in [0.3, 0.4) is 0 Å². The van der Waals surface area contributed by atoms with Crippen molar-refractivity contribution >= 4 is 5.91 Å². The van der Waals surface area contributed by atoms with Crippen LogP contribution in [0.4, 0.5) is 0 Å². The average molecular weight is 264 g/mol. The van der Waals surface area contributed by atoms with Gasteiger partial charge in [-0.25, -0.2) is 0 Å². The Kier molecular flexibility index (Phi) is 3.59. The lowest BCUT2D eigenvalue weighted by molar-refractivity contribution is -0.134. The molecule has 0 bridgehead atoms. The van der Waals surface area contributed by atoms with Crippen molar-refractivity contribution in [1.82, 2.24) is 10.2 Å². The molecule has 3 fully saturated rings. The minimum Gasteiger partial charge on any atom is -0.323 e. The number of rotatable bonds is 4. The highest BCUT2D eigenvalue weighted by atomic mass is 16.2. The molecule has 108 valence electrons. The Bertz CT molecular complexity index is 351. The molecule has 0 aromatic heterocycles. The van der Waals surface area contributed by atoms with E-state index in [4.69, 9.17) is 0 Å². The summed E-state index contributed by atoms with van der Waals surface area (Å²) in [7, 11) is 0. The van der Waals surface area contributed by atoms with Crippen LogP contribution in [-0.4, -0.2) is 28.6 Å². The van der Waals surface area contributed by atoms with Crippen LogP contribution < -0.4 is 5.32 Å². The lowest BCUT2D eigenvalue weighted by Crippen LogP contribution is -2.46. The van der Waals surface area contributed by atoms with Gasteiger partial charge in [0.25, 0.3) is 0 Å². The Hall–Kier alpha value is -0.570. The molecule has 0 aromatic rings. The van der Waals surface area contributed by atoms with Crippen LogP contribution >= 0.6 is 0 Å². The molecule has 1 amide bonds. The van der Waals surface area contributed by atoms with Gasteiger partial charge < -0.3 is 4.90 Å². The van der Waals surface area contributed by atoms with E-state index in [1.54, 1.807) is 0 Å². The SMILES string of the molecule is CCCC1NC2(CC2)C(=O)N1C1CCCC(CC)C1. The maximum Gasteiger partial charge on any atom is 0.244 e. The molecule has 0 radical (unpaired) electrons. The van der Waals surface area contributed by atoms with Gasteiger partial charge in [-0.05, 0) is 38.0 Å². The quantitative estimate of drug-likeness (QED) is 0.846. The topological polar surface area (TPSA) is 32.3 Å². The maximum atomic E-state index is 12.7. The molecule has 1 heterocycles. The lowest BCUT2D eigenvalue weighted by atomic mass is 9.83. The van der Waals surface area contributed by atoms with Crippen LogP contribution in [0.15, 0.2) is 0 Å². The fourth-order valence-electron chi connectivity index (χ4n) is 4.11. The monoisotopic (exact) mass is 264 g/mol. The molecule has 3 atom stereocenters. The zero-order valence-electron chi connectivity index (χ0n) is 12.5. The van der Waals surface area contributed by atoms with E-state index in [-0.39, 0.29) is 5.54 Å². The molecule has 1 spiro atoms. The van der Waals surface area contributed by atoms with Crippen molar-refractivity contribution in [2.24, 2.45) is 5.92 Å². The highest BCUT2D eigenvalue weighted by molar-refractivity contribution is 5.92. The molecule has 3 unspecified atom stereocenters. The lowest BCUT2D eigenvalue weighted by Gasteiger charge is -2.38. The summed E-state index contributed by atoms with van der Waals surface area (Å²) in [5, 5.41) is 3.65. The Labute approximate surface area is 117 Å². The van der Waals surface area contributed by atoms with Gasteiger partial charge in [0.05, 0.1) is 11.7 Å². The molecule has 2 aliphatic carbocycles. The van der Waals surface area contributed by atoms with Crippen LogP contribution in [0, 0.1) is 5.92 Å². The third kappa shape index (κ3) is 2.31. The third-order valence-corrected chi connectivity index (χ3v) is 5.46. The number of nitrogens with zero attached hydrogens (tertiary/aromatic N) is 1. The van der Waals surface area contributed by atoms with Gasteiger partial charge in [0.2, 0.25) is 5.91 Å². The van der Waals surface area contributed by atoms with Crippen molar-refractivity contribution in [3.05, 3.63) is 0 Å². The second-order valence-electron chi connectivity index (χ2n) is 6.84. The summed E-state index contributed by atoms with van der Waals surface area (Å²) in [5.74, 6) is 1.26. The molecular formula is C16H28N2O. The molecule has 2 saturated carbocycles. The number of hydrogen-bond donors (Lipinski definition) is 1. The van der Waals surface area contributed by atoms with E-state index in [0.29, 0.717) is 18.1 Å². The van der Waals surface area contributed by atoms with Gasteiger partial charge in [-0.3, -0.25) is 10.1 Å². The summed E-state index contributed by atoms with van der Waals surface area (Å²) >= 11 is 0. The summed E-state index contributed by atoms with van der Waals surface area (Å²) in [6.45, 7) is 4.51.